The highest BCUT2D eigenvalue weighted by atomic mass is 16.2. The van der Waals surface area contributed by atoms with Gasteiger partial charge in [-0.2, -0.15) is 0 Å². The van der Waals surface area contributed by atoms with Crippen molar-refractivity contribution in [2.75, 3.05) is 38.0 Å². The number of hydrogen-bond donors (Lipinski definition) is 1. The van der Waals surface area contributed by atoms with Crippen LogP contribution in [0.3, 0.4) is 0 Å². The molecule has 6 nitrogen and oxygen atoms in total. The maximum atomic E-state index is 12.6. The summed E-state index contributed by atoms with van der Waals surface area (Å²) in [7, 11) is 0. The monoisotopic (exact) mass is 367 g/mol. The zero-order chi connectivity index (χ0) is 19.2. The van der Waals surface area contributed by atoms with Crippen molar-refractivity contribution in [2.45, 2.75) is 33.6 Å². The zero-order valence-corrected chi connectivity index (χ0v) is 16.5. The van der Waals surface area contributed by atoms with Gasteiger partial charge in [0.05, 0.1) is 12.4 Å². The summed E-state index contributed by atoms with van der Waals surface area (Å²) < 4.78 is 0. The van der Waals surface area contributed by atoms with Crippen molar-refractivity contribution in [3.05, 3.63) is 47.4 Å². The minimum atomic E-state index is -0.0343. The summed E-state index contributed by atoms with van der Waals surface area (Å²) in [6.07, 6.45) is 5.13. The molecule has 1 fully saturated rings. The van der Waals surface area contributed by atoms with E-state index >= 15 is 0 Å². The van der Waals surface area contributed by atoms with E-state index in [2.05, 4.69) is 59.2 Å². The predicted molar refractivity (Wildman–Crippen MR) is 109 cm³/mol. The van der Waals surface area contributed by atoms with Crippen LogP contribution in [0.5, 0.6) is 0 Å². The first-order valence-corrected chi connectivity index (χ1v) is 9.87. The second-order valence-corrected chi connectivity index (χ2v) is 6.80. The quantitative estimate of drug-likeness (QED) is 0.850. The van der Waals surface area contributed by atoms with Crippen molar-refractivity contribution < 1.29 is 4.79 Å². The van der Waals surface area contributed by atoms with Gasteiger partial charge in [0.25, 0.3) is 5.91 Å². The van der Waals surface area contributed by atoms with Gasteiger partial charge in [0.1, 0.15) is 11.5 Å². The molecule has 0 unspecified atom stereocenters. The van der Waals surface area contributed by atoms with E-state index in [4.69, 9.17) is 0 Å². The summed E-state index contributed by atoms with van der Waals surface area (Å²) in [6, 6.07) is 6.35. The minimum Gasteiger partial charge on any atom is -0.338 e. The summed E-state index contributed by atoms with van der Waals surface area (Å²) in [5.41, 5.74) is 4.02. The first kappa shape index (κ1) is 19.3. The number of amides is 1. The molecule has 0 bridgehead atoms. The van der Waals surface area contributed by atoms with Crippen molar-refractivity contribution >= 4 is 17.4 Å². The molecule has 2 aromatic rings. The molecule has 0 radical (unpaired) electrons. The Bertz CT molecular complexity index is 744. The summed E-state index contributed by atoms with van der Waals surface area (Å²) in [5.74, 6) is 0.631. The molecule has 144 valence electrons. The lowest BCUT2D eigenvalue weighted by Gasteiger charge is -2.33. The van der Waals surface area contributed by atoms with E-state index in [0.29, 0.717) is 11.5 Å². The average Bonchev–Trinajstić information content (AvgIpc) is 2.74. The van der Waals surface area contributed by atoms with Crippen molar-refractivity contribution in [1.82, 2.24) is 19.8 Å². The first-order chi connectivity index (χ1) is 13.2. The number of carbonyl (C=O) groups is 1. The summed E-state index contributed by atoms with van der Waals surface area (Å²) >= 11 is 0. The number of nitrogens with zero attached hydrogens (tertiary/aromatic N) is 4. The number of likely N-dealkylation sites (N-methyl/N-ethyl adjacent to an activating group) is 1. The Morgan fingerprint density at radius 2 is 1.67 bits per heavy atom. The number of nitrogens with one attached hydrogen (secondary N) is 1. The number of carbonyl (C=O) groups excluding carboxylic acids is 1. The number of para-hydroxylation sites is 1. The van der Waals surface area contributed by atoms with E-state index in [9.17, 15) is 4.79 Å². The normalized spacial score (nSPS) is 15.0. The van der Waals surface area contributed by atoms with Gasteiger partial charge in [-0.05, 0) is 30.5 Å². The zero-order valence-electron chi connectivity index (χ0n) is 16.5. The van der Waals surface area contributed by atoms with Crippen LogP contribution < -0.4 is 5.32 Å². The highest BCUT2D eigenvalue weighted by molar-refractivity contribution is 5.92. The molecule has 1 amide bonds. The second kappa shape index (κ2) is 8.95. The SMILES string of the molecule is CCc1cccc(CC)c1Nc1cnc(C(=O)N2CCN(CC)CC2)cn1. The molecule has 1 aliphatic rings. The van der Waals surface area contributed by atoms with E-state index in [1.165, 1.54) is 11.1 Å². The van der Waals surface area contributed by atoms with Crippen molar-refractivity contribution in [3.63, 3.8) is 0 Å². The fourth-order valence-corrected chi connectivity index (χ4v) is 3.46. The van der Waals surface area contributed by atoms with Gasteiger partial charge in [-0.15, -0.1) is 0 Å². The second-order valence-electron chi connectivity index (χ2n) is 6.80. The third-order valence-electron chi connectivity index (χ3n) is 5.23. The smallest absolute Gasteiger partial charge is 0.274 e. The fraction of sp³-hybridized carbons (Fsp3) is 0.476. The van der Waals surface area contributed by atoms with E-state index in [1.54, 1.807) is 12.4 Å². The largest absolute Gasteiger partial charge is 0.338 e. The van der Waals surface area contributed by atoms with Gasteiger partial charge in [-0.25, -0.2) is 9.97 Å². The van der Waals surface area contributed by atoms with Gasteiger partial charge < -0.3 is 15.1 Å². The van der Waals surface area contributed by atoms with Crippen LogP contribution in [0, 0.1) is 0 Å². The van der Waals surface area contributed by atoms with Gasteiger partial charge in [0.2, 0.25) is 0 Å². The highest BCUT2D eigenvalue weighted by Crippen LogP contribution is 2.25. The molecule has 1 N–H and O–H groups in total. The molecule has 0 atom stereocenters. The van der Waals surface area contributed by atoms with E-state index < -0.39 is 0 Å². The van der Waals surface area contributed by atoms with Crippen LogP contribution in [0.25, 0.3) is 0 Å². The summed E-state index contributed by atoms with van der Waals surface area (Å²) in [6.45, 7) is 10.8. The molecule has 2 heterocycles. The Kier molecular flexibility index (Phi) is 6.40. The van der Waals surface area contributed by atoms with Crippen molar-refractivity contribution in [2.24, 2.45) is 0 Å². The van der Waals surface area contributed by atoms with Crippen LogP contribution >= 0.6 is 0 Å². The molecule has 1 aliphatic heterocycles. The predicted octanol–water partition coefficient (Wildman–Crippen LogP) is 3.12. The Morgan fingerprint density at radius 3 is 2.19 bits per heavy atom. The molecule has 0 aliphatic carbocycles. The van der Waals surface area contributed by atoms with E-state index in [0.717, 1.165) is 51.3 Å². The lowest BCUT2D eigenvalue weighted by Crippen LogP contribution is -2.48. The van der Waals surface area contributed by atoms with Gasteiger partial charge in [0.15, 0.2) is 0 Å². The molecular formula is C21H29N5O. The molecule has 3 rings (SSSR count). The van der Waals surface area contributed by atoms with Crippen LogP contribution in [0.15, 0.2) is 30.6 Å². The third kappa shape index (κ3) is 4.45. The molecule has 1 aromatic carbocycles. The van der Waals surface area contributed by atoms with Gasteiger partial charge in [0, 0.05) is 31.9 Å². The molecule has 6 heteroatoms. The van der Waals surface area contributed by atoms with Crippen molar-refractivity contribution in [1.29, 1.82) is 0 Å². The molecular weight excluding hydrogens is 338 g/mol. The summed E-state index contributed by atoms with van der Waals surface area (Å²) in [4.78, 5) is 25.7. The van der Waals surface area contributed by atoms with Crippen LogP contribution in [-0.2, 0) is 12.8 Å². The number of rotatable bonds is 6. The van der Waals surface area contributed by atoms with Crippen LogP contribution in [-0.4, -0.2) is 58.4 Å². The Morgan fingerprint density at radius 1 is 1.00 bits per heavy atom. The maximum Gasteiger partial charge on any atom is 0.274 e. The average molecular weight is 367 g/mol. The molecule has 0 spiro atoms. The number of aromatic nitrogens is 2. The van der Waals surface area contributed by atoms with Crippen LogP contribution in [0.1, 0.15) is 42.4 Å². The molecule has 0 saturated carbocycles. The topological polar surface area (TPSA) is 61.4 Å². The minimum absolute atomic E-state index is 0.0343. The number of hydrogen-bond acceptors (Lipinski definition) is 5. The van der Waals surface area contributed by atoms with Gasteiger partial charge >= 0.3 is 0 Å². The number of anilines is 2. The van der Waals surface area contributed by atoms with Gasteiger partial charge in [-0.1, -0.05) is 39.0 Å². The lowest BCUT2D eigenvalue weighted by atomic mass is 10.0. The fourth-order valence-electron chi connectivity index (χ4n) is 3.46. The van der Waals surface area contributed by atoms with Crippen LogP contribution in [0.2, 0.25) is 0 Å². The number of piperazine rings is 1. The molecule has 1 saturated heterocycles. The van der Waals surface area contributed by atoms with Gasteiger partial charge in [-0.3, -0.25) is 4.79 Å². The van der Waals surface area contributed by atoms with E-state index in [-0.39, 0.29) is 5.91 Å². The third-order valence-corrected chi connectivity index (χ3v) is 5.23. The Balaban J connectivity index is 1.70. The Hall–Kier alpha value is -2.47. The molecule has 1 aromatic heterocycles. The highest BCUT2D eigenvalue weighted by Gasteiger charge is 2.22. The first-order valence-electron chi connectivity index (χ1n) is 9.87. The lowest BCUT2D eigenvalue weighted by molar-refractivity contribution is 0.0637. The van der Waals surface area contributed by atoms with Crippen molar-refractivity contribution in [3.8, 4) is 0 Å². The number of benzene rings is 1. The van der Waals surface area contributed by atoms with Crippen LogP contribution in [0.4, 0.5) is 11.5 Å². The Labute approximate surface area is 161 Å². The number of aryl methyl sites for hydroxylation is 2. The maximum absolute atomic E-state index is 12.6. The molecule has 27 heavy (non-hydrogen) atoms. The van der Waals surface area contributed by atoms with E-state index in [1.807, 2.05) is 4.90 Å². The summed E-state index contributed by atoms with van der Waals surface area (Å²) in [5, 5.41) is 3.40. The standard InChI is InChI=1S/C21H29N5O/c1-4-16-8-7-9-17(5-2)20(16)24-19-15-22-18(14-23-19)21(27)26-12-10-25(6-3)11-13-26/h7-9,14-15H,4-6,10-13H2,1-3H3,(H,23,24).